The van der Waals surface area contributed by atoms with E-state index in [4.69, 9.17) is 0 Å². The maximum absolute atomic E-state index is 2.39. The fraction of sp³-hybridized carbons (Fsp3) is 0. The van der Waals surface area contributed by atoms with Crippen LogP contribution in [0.5, 0.6) is 0 Å². The van der Waals surface area contributed by atoms with Crippen LogP contribution in [0.15, 0.2) is 182 Å². The quantitative estimate of drug-likeness (QED) is 0.172. The van der Waals surface area contributed by atoms with Crippen LogP contribution >= 0.6 is 0 Å². The van der Waals surface area contributed by atoms with Crippen molar-refractivity contribution in [2.45, 2.75) is 0 Å². The smallest absolute Gasteiger partial charge is 0.00204 e. The van der Waals surface area contributed by atoms with Crippen molar-refractivity contribution in [1.82, 2.24) is 0 Å². The molecule has 0 fully saturated rings. The minimum atomic E-state index is 1.22. The van der Waals surface area contributed by atoms with E-state index in [-0.39, 0.29) is 0 Å². The van der Waals surface area contributed by atoms with E-state index >= 15 is 0 Å². The Morgan fingerprint density at radius 3 is 1.17 bits per heavy atom. The van der Waals surface area contributed by atoms with Gasteiger partial charge in [0.1, 0.15) is 0 Å². The average molecular weight is 607 g/mol. The fourth-order valence-corrected chi connectivity index (χ4v) is 8.10. The summed E-state index contributed by atoms with van der Waals surface area (Å²) in [6.07, 6.45) is 0. The van der Waals surface area contributed by atoms with Crippen molar-refractivity contribution in [3.63, 3.8) is 0 Å². The number of hydrogen-bond donors (Lipinski definition) is 0. The Bertz CT molecular complexity index is 2690. The molecule has 0 unspecified atom stereocenters. The van der Waals surface area contributed by atoms with Crippen LogP contribution in [0.1, 0.15) is 0 Å². The molecule has 0 nitrogen and oxygen atoms in total. The first-order chi connectivity index (χ1) is 23.8. The van der Waals surface area contributed by atoms with E-state index in [2.05, 4.69) is 182 Å². The van der Waals surface area contributed by atoms with Gasteiger partial charge in [-0.15, -0.1) is 0 Å². The van der Waals surface area contributed by atoms with Gasteiger partial charge in [0.2, 0.25) is 0 Å². The first-order valence-corrected chi connectivity index (χ1v) is 16.7. The molecule has 1 aliphatic carbocycles. The first kappa shape index (κ1) is 26.9. The van der Waals surface area contributed by atoms with Gasteiger partial charge < -0.3 is 0 Å². The maximum atomic E-state index is 2.39. The molecule has 222 valence electrons. The molecule has 0 radical (unpaired) electrons. The molecule has 0 heteroatoms. The minimum absolute atomic E-state index is 1.22. The van der Waals surface area contributed by atoms with Crippen LogP contribution in [0.4, 0.5) is 0 Å². The molecule has 0 saturated carbocycles. The Morgan fingerprint density at radius 2 is 0.562 bits per heavy atom. The van der Waals surface area contributed by atoms with E-state index < -0.39 is 0 Å². The second-order valence-corrected chi connectivity index (χ2v) is 12.8. The molecule has 0 aromatic heterocycles. The standard InChI is InChI=1S/C48H30/c1-3-17-37-35(15-1)38-18-5-7-21-42(38)46-26-12-25-34(48(46)45-24-10-9-22-41(37)45)33-14-11-13-31(29-33)32-27-28-44-40-20-4-2-16-36(40)39-19-6-8-23-43(39)47(44)30-32/h1-30H. The SMILES string of the molecule is c1cc(-c2ccc3c4ccccc4c4ccccc4c3c2)cc(-c2cccc3c2-c2ccccc2-c2ccccc2-c2ccccc2-3)c1. The normalized spacial score (nSPS) is 11.8. The summed E-state index contributed by atoms with van der Waals surface area (Å²) in [5.41, 5.74) is 15.1. The highest BCUT2D eigenvalue weighted by Crippen LogP contribution is 2.50. The minimum Gasteiger partial charge on any atom is -0.0616 e. The highest BCUT2D eigenvalue weighted by Gasteiger charge is 2.24. The summed E-state index contributed by atoms with van der Waals surface area (Å²) in [6.45, 7) is 0. The number of rotatable bonds is 2. The molecule has 48 heavy (non-hydrogen) atoms. The van der Waals surface area contributed by atoms with Gasteiger partial charge in [0.15, 0.2) is 0 Å². The summed E-state index contributed by atoms with van der Waals surface area (Å²) in [4.78, 5) is 0. The molecule has 0 spiro atoms. The third-order valence-electron chi connectivity index (χ3n) is 10.2. The Labute approximate surface area is 280 Å². The molecular formula is C48H30. The molecular weight excluding hydrogens is 577 g/mol. The van der Waals surface area contributed by atoms with Crippen molar-refractivity contribution in [3.05, 3.63) is 182 Å². The lowest BCUT2D eigenvalue weighted by Crippen LogP contribution is -1.98. The Balaban J connectivity index is 1.20. The van der Waals surface area contributed by atoms with Gasteiger partial charge in [0.25, 0.3) is 0 Å². The highest BCUT2D eigenvalue weighted by molar-refractivity contribution is 6.25. The van der Waals surface area contributed by atoms with E-state index in [1.165, 1.54) is 99.1 Å². The molecule has 0 N–H and O–H groups in total. The average Bonchev–Trinajstić information content (AvgIpc) is 3.17. The van der Waals surface area contributed by atoms with Gasteiger partial charge in [-0.25, -0.2) is 0 Å². The second-order valence-electron chi connectivity index (χ2n) is 12.8. The van der Waals surface area contributed by atoms with Gasteiger partial charge in [0.05, 0.1) is 0 Å². The van der Waals surface area contributed by atoms with E-state index in [1.54, 1.807) is 0 Å². The molecule has 0 bridgehead atoms. The van der Waals surface area contributed by atoms with Gasteiger partial charge in [-0.2, -0.15) is 0 Å². The molecule has 0 saturated heterocycles. The van der Waals surface area contributed by atoms with Crippen molar-refractivity contribution in [2.75, 3.05) is 0 Å². The Hall–Kier alpha value is -6.24. The van der Waals surface area contributed by atoms with Gasteiger partial charge in [-0.05, 0) is 111 Å². The third kappa shape index (κ3) is 4.03. The van der Waals surface area contributed by atoms with Crippen molar-refractivity contribution in [2.24, 2.45) is 0 Å². The largest absolute Gasteiger partial charge is 0.0616 e. The number of benzene rings is 9. The first-order valence-electron chi connectivity index (χ1n) is 16.7. The molecule has 0 heterocycles. The zero-order valence-electron chi connectivity index (χ0n) is 26.3. The van der Waals surface area contributed by atoms with E-state index in [0.717, 1.165) is 0 Å². The van der Waals surface area contributed by atoms with Crippen molar-refractivity contribution < 1.29 is 0 Å². The lowest BCUT2D eigenvalue weighted by molar-refractivity contribution is 1.51. The lowest BCUT2D eigenvalue weighted by atomic mass is 9.78. The highest BCUT2D eigenvalue weighted by atomic mass is 14.3. The van der Waals surface area contributed by atoms with Gasteiger partial charge in [0, 0.05) is 0 Å². The van der Waals surface area contributed by atoms with Crippen LogP contribution in [0, 0.1) is 0 Å². The summed E-state index contributed by atoms with van der Waals surface area (Å²) < 4.78 is 0. The predicted octanol–water partition coefficient (Wildman–Crippen LogP) is 13.5. The summed E-state index contributed by atoms with van der Waals surface area (Å²) >= 11 is 0. The zero-order chi connectivity index (χ0) is 31.6. The van der Waals surface area contributed by atoms with Crippen LogP contribution in [0.25, 0.3) is 99.1 Å². The Kier molecular flexibility index (Phi) is 5.98. The molecule has 0 aliphatic heterocycles. The van der Waals surface area contributed by atoms with Gasteiger partial charge >= 0.3 is 0 Å². The maximum Gasteiger partial charge on any atom is -0.00204 e. The van der Waals surface area contributed by atoms with Crippen molar-refractivity contribution in [1.29, 1.82) is 0 Å². The summed E-state index contributed by atoms with van der Waals surface area (Å²) in [5, 5.41) is 7.79. The lowest BCUT2D eigenvalue weighted by Gasteiger charge is -2.25. The monoisotopic (exact) mass is 606 g/mol. The number of fused-ring (bicyclic) bond motifs is 14. The topological polar surface area (TPSA) is 0 Å². The van der Waals surface area contributed by atoms with Crippen LogP contribution < -0.4 is 0 Å². The molecule has 0 amide bonds. The van der Waals surface area contributed by atoms with Crippen molar-refractivity contribution >= 4 is 32.3 Å². The van der Waals surface area contributed by atoms with Crippen LogP contribution in [-0.2, 0) is 0 Å². The third-order valence-corrected chi connectivity index (χ3v) is 10.2. The molecule has 0 atom stereocenters. The predicted molar refractivity (Wildman–Crippen MR) is 205 cm³/mol. The molecule has 9 aromatic carbocycles. The van der Waals surface area contributed by atoms with Gasteiger partial charge in [-0.1, -0.05) is 170 Å². The van der Waals surface area contributed by atoms with Gasteiger partial charge in [-0.3, -0.25) is 0 Å². The van der Waals surface area contributed by atoms with E-state index in [0.29, 0.717) is 0 Å². The Morgan fingerprint density at radius 1 is 0.188 bits per heavy atom. The zero-order valence-corrected chi connectivity index (χ0v) is 26.3. The summed E-state index contributed by atoms with van der Waals surface area (Å²) in [7, 11) is 0. The van der Waals surface area contributed by atoms with Crippen molar-refractivity contribution in [3.8, 4) is 66.8 Å². The van der Waals surface area contributed by atoms with E-state index in [9.17, 15) is 0 Å². The summed E-state index contributed by atoms with van der Waals surface area (Å²) in [5.74, 6) is 0. The van der Waals surface area contributed by atoms with Crippen LogP contribution in [0.2, 0.25) is 0 Å². The van der Waals surface area contributed by atoms with Crippen LogP contribution in [0.3, 0.4) is 0 Å². The van der Waals surface area contributed by atoms with E-state index in [1.807, 2.05) is 0 Å². The fourth-order valence-electron chi connectivity index (χ4n) is 8.10. The molecule has 1 aliphatic rings. The molecule has 9 aromatic rings. The number of hydrogen-bond acceptors (Lipinski definition) is 0. The molecule has 10 rings (SSSR count). The summed E-state index contributed by atoms with van der Waals surface area (Å²) in [6, 6.07) is 67.2. The second kappa shape index (κ2) is 10.7. The van der Waals surface area contributed by atoms with Crippen LogP contribution in [-0.4, -0.2) is 0 Å².